The summed E-state index contributed by atoms with van der Waals surface area (Å²) in [5.74, 6) is 0. The first-order valence-electron chi connectivity index (χ1n) is 3.53. The average Bonchev–Trinajstić information content (AvgIpc) is 2.07. The van der Waals surface area contributed by atoms with Gasteiger partial charge in [0.1, 0.15) is 0 Å². The van der Waals surface area contributed by atoms with E-state index in [4.69, 9.17) is 5.26 Å². The van der Waals surface area contributed by atoms with Crippen LogP contribution in [-0.2, 0) is 12.6 Å². The number of aromatic nitrogens is 1. The van der Waals surface area contributed by atoms with Crippen LogP contribution in [0, 0.1) is 11.3 Å². The molecule has 1 heterocycles. The van der Waals surface area contributed by atoms with Crippen LogP contribution in [0.4, 0.5) is 13.2 Å². The summed E-state index contributed by atoms with van der Waals surface area (Å²) in [5, 5.41) is 8.38. The maximum absolute atomic E-state index is 12.4. The fourth-order valence-electron chi connectivity index (χ4n) is 0.965. The first-order valence-corrected chi connectivity index (χ1v) is 4.32. The third kappa shape index (κ3) is 2.23. The van der Waals surface area contributed by atoms with E-state index in [1.54, 1.807) is 6.07 Å². The largest absolute Gasteiger partial charge is 0.418 e. The summed E-state index contributed by atoms with van der Waals surface area (Å²) in [6.07, 6.45) is -2.81. The predicted molar refractivity (Wildman–Crippen MR) is 46.3 cm³/mol. The lowest BCUT2D eigenvalue weighted by Gasteiger charge is -2.10. The highest BCUT2D eigenvalue weighted by molar-refractivity contribution is 9.10. The molecule has 1 rings (SSSR count). The fourth-order valence-corrected chi connectivity index (χ4v) is 1.44. The summed E-state index contributed by atoms with van der Waals surface area (Å²) in [7, 11) is 0. The molecule has 0 aromatic carbocycles. The molecular formula is C8H4BrF3N2. The number of nitrogens with zero attached hydrogens (tertiary/aromatic N) is 2. The van der Waals surface area contributed by atoms with Crippen molar-refractivity contribution in [1.82, 2.24) is 4.98 Å². The summed E-state index contributed by atoms with van der Waals surface area (Å²) >= 11 is 2.93. The highest BCUT2D eigenvalue weighted by Gasteiger charge is 2.34. The molecule has 6 heteroatoms. The molecule has 0 aliphatic rings. The second-order valence-electron chi connectivity index (χ2n) is 2.48. The Bertz CT molecular complexity index is 381. The first-order chi connectivity index (χ1) is 6.46. The Balaban J connectivity index is 3.30. The minimum absolute atomic E-state index is 0.0741. The van der Waals surface area contributed by atoms with Gasteiger partial charge in [-0.3, -0.25) is 4.98 Å². The second-order valence-corrected chi connectivity index (χ2v) is 3.33. The molecule has 0 aliphatic heterocycles. The van der Waals surface area contributed by atoms with E-state index in [1.165, 1.54) is 6.20 Å². The zero-order chi connectivity index (χ0) is 10.8. The summed E-state index contributed by atoms with van der Waals surface area (Å²) in [5.41, 5.74) is -0.941. The van der Waals surface area contributed by atoms with Gasteiger partial charge in [0.15, 0.2) is 0 Å². The highest BCUT2D eigenvalue weighted by Crippen LogP contribution is 2.34. The van der Waals surface area contributed by atoms with Crippen LogP contribution in [0.2, 0.25) is 0 Å². The van der Waals surface area contributed by atoms with Crippen molar-refractivity contribution in [3.05, 3.63) is 28.0 Å². The summed E-state index contributed by atoms with van der Waals surface area (Å²) in [4.78, 5) is 3.42. The molecule has 0 radical (unpaired) electrons. The Morgan fingerprint density at radius 3 is 2.57 bits per heavy atom. The fraction of sp³-hybridized carbons (Fsp3) is 0.250. The van der Waals surface area contributed by atoms with E-state index in [9.17, 15) is 13.2 Å². The van der Waals surface area contributed by atoms with Gasteiger partial charge in [-0.2, -0.15) is 18.4 Å². The maximum Gasteiger partial charge on any atom is 0.418 e. The lowest BCUT2D eigenvalue weighted by atomic mass is 10.1. The lowest BCUT2D eigenvalue weighted by molar-refractivity contribution is -0.138. The number of hydrogen-bond donors (Lipinski definition) is 0. The molecule has 0 atom stereocenters. The third-order valence-electron chi connectivity index (χ3n) is 1.57. The Labute approximate surface area is 86.5 Å². The van der Waals surface area contributed by atoms with Gasteiger partial charge in [0.05, 0.1) is 18.1 Å². The van der Waals surface area contributed by atoms with Crippen molar-refractivity contribution in [2.75, 3.05) is 0 Å². The monoisotopic (exact) mass is 264 g/mol. The second kappa shape index (κ2) is 3.96. The SMILES string of the molecule is N#CCc1c(Br)cncc1C(F)(F)F. The molecule has 0 N–H and O–H groups in total. The zero-order valence-electron chi connectivity index (χ0n) is 6.77. The Morgan fingerprint density at radius 2 is 2.07 bits per heavy atom. The average molecular weight is 265 g/mol. The molecule has 0 amide bonds. The van der Waals surface area contributed by atoms with Crippen molar-refractivity contribution >= 4 is 15.9 Å². The normalized spacial score (nSPS) is 11.1. The van der Waals surface area contributed by atoms with E-state index >= 15 is 0 Å². The van der Waals surface area contributed by atoms with Gasteiger partial charge in [-0.15, -0.1) is 0 Å². The minimum atomic E-state index is -4.47. The lowest BCUT2D eigenvalue weighted by Crippen LogP contribution is -2.10. The molecule has 14 heavy (non-hydrogen) atoms. The molecule has 0 saturated carbocycles. The van der Waals surface area contributed by atoms with Crippen molar-refractivity contribution in [2.45, 2.75) is 12.6 Å². The van der Waals surface area contributed by atoms with Crippen molar-refractivity contribution < 1.29 is 13.2 Å². The maximum atomic E-state index is 12.4. The molecule has 0 unspecified atom stereocenters. The third-order valence-corrected chi connectivity index (χ3v) is 2.25. The van der Waals surface area contributed by atoms with Crippen LogP contribution in [0.1, 0.15) is 11.1 Å². The van der Waals surface area contributed by atoms with Crippen LogP contribution in [0.25, 0.3) is 0 Å². The Kier molecular flexibility index (Phi) is 3.11. The number of rotatable bonds is 1. The smallest absolute Gasteiger partial charge is 0.263 e. The molecule has 2 nitrogen and oxygen atoms in total. The summed E-state index contributed by atoms with van der Waals surface area (Å²) in [6, 6.07) is 1.68. The van der Waals surface area contributed by atoms with E-state index in [0.29, 0.717) is 0 Å². The standard InChI is InChI=1S/C8H4BrF3N2/c9-7-4-14-3-6(8(10,11)12)5(7)1-2-13/h3-4H,1H2. The predicted octanol–water partition coefficient (Wildman–Crippen LogP) is 2.93. The molecular weight excluding hydrogens is 261 g/mol. The van der Waals surface area contributed by atoms with E-state index in [2.05, 4.69) is 20.9 Å². The molecule has 0 bridgehead atoms. The van der Waals surface area contributed by atoms with E-state index < -0.39 is 11.7 Å². The first kappa shape index (κ1) is 11.0. The zero-order valence-corrected chi connectivity index (χ0v) is 8.35. The minimum Gasteiger partial charge on any atom is -0.263 e. The van der Waals surface area contributed by atoms with Crippen LogP contribution in [0.15, 0.2) is 16.9 Å². The van der Waals surface area contributed by atoms with Gasteiger partial charge in [0, 0.05) is 16.9 Å². The van der Waals surface area contributed by atoms with Crippen molar-refractivity contribution in [1.29, 1.82) is 5.26 Å². The molecule has 1 aromatic heterocycles. The number of nitriles is 1. The molecule has 0 aliphatic carbocycles. The van der Waals surface area contributed by atoms with Crippen LogP contribution in [0.3, 0.4) is 0 Å². The van der Waals surface area contributed by atoms with Gasteiger partial charge in [-0.1, -0.05) is 0 Å². The van der Waals surface area contributed by atoms with Gasteiger partial charge in [-0.05, 0) is 21.5 Å². The van der Waals surface area contributed by atoms with Gasteiger partial charge in [0.2, 0.25) is 0 Å². The van der Waals surface area contributed by atoms with Crippen molar-refractivity contribution in [3.8, 4) is 6.07 Å². The molecule has 0 spiro atoms. The Hall–Kier alpha value is -1.09. The number of alkyl halides is 3. The van der Waals surface area contributed by atoms with Crippen LogP contribution < -0.4 is 0 Å². The van der Waals surface area contributed by atoms with Crippen LogP contribution in [0.5, 0.6) is 0 Å². The number of hydrogen-bond acceptors (Lipinski definition) is 2. The van der Waals surface area contributed by atoms with Gasteiger partial charge >= 0.3 is 6.18 Å². The molecule has 74 valence electrons. The van der Waals surface area contributed by atoms with Gasteiger partial charge < -0.3 is 0 Å². The summed E-state index contributed by atoms with van der Waals surface area (Å²) in [6.45, 7) is 0. The van der Waals surface area contributed by atoms with Gasteiger partial charge in [-0.25, -0.2) is 0 Å². The van der Waals surface area contributed by atoms with E-state index in [-0.39, 0.29) is 16.5 Å². The van der Waals surface area contributed by atoms with Gasteiger partial charge in [0.25, 0.3) is 0 Å². The number of pyridine rings is 1. The van der Waals surface area contributed by atoms with Crippen LogP contribution >= 0.6 is 15.9 Å². The highest BCUT2D eigenvalue weighted by atomic mass is 79.9. The number of halogens is 4. The molecule has 0 fully saturated rings. The molecule has 0 saturated heterocycles. The quantitative estimate of drug-likeness (QED) is 0.782. The van der Waals surface area contributed by atoms with Crippen LogP contribution in [-0.4, -0.2) is 4.98 Å². The van der Waals surface area contributed by atoms with E-state index in [1.807, 2.05) is 0 Å². The van der Waals surface area contributed by atoms with Crippen molar-refractivity contribution in [3.63, 3.8) is 0 Å². The van der Waals surface area contributed by atoms with E-state index in [0.717, 1.165) is 6.20 Å². The molecule has 1 aromatic rings. The topological polar surface area (TPSA) is 36.7 Å². The summed E-state index contributed by atoms with van der Waals surface area (Å²) < 4.78 is 37.3. The Morgan fingerprint density at radius 1 is 1.43 bits per heavy atom. The van der Waals surface area contributed by atoms with Crippen molar-refractivity contribution in [2.24, 2.45) is 0 Å².